The van der Waals surface area contributed by atoms with E-state index < -0.39 is 6.04 Å². The van der Waals surface area contributed by atoms with Crippen LogP contribution < -0.4 is 10.9 Å². The SMILES string of the molecule is Cc1ccc(CNC(=O)[C@H](C)n2nc(C)c3c(C)n(-c4ccccc4)nc3c2=O)cc1. The number of hydrogen-bond acceptors (Lipinski definition) is 4. The van der Waals surface area contributed by atoms with E-state index in [-0.39, 0.29) is 11.5 Å². The van der Waals surface area contributed by atoms with E-state index in [1.165, 1.54) is 4.68 Å². The molecule has 0 fully saturated rings. The second-order valence-corrected chi connectivity index (χ2v) is 7.77. The van der Waals surface area contributed by atoms with Gasteiger partial charge in [0.05, 0.1) is 22.5 Å². The van der Waals surface area contributed by atoms with E-state index in [0.29, 0.717) is 17.8 Å². The van der Waals surface area contributed by atoms with Crippen LogP contribution in [0.15, 0.2) is 59.4 Å². The highest BCUT2D eigenvalue weighted by molar-refractivity contribution is 5.84. The summed E-state index contributed by atoms with van der Waals surface area (Å²) in [4.78, 5) is 25.9. The summed E-state index contributed by atoms with van der Waals surface area (Å²) in [5.41, 5.74) is 4.46. The summed E-state index contributed by atoms with van der Waals surface area (Å²) in [6.07, 6.45) is 0. The van der Waals surface area contributed by atoms with Crippen molar-refractivity contribution in [1.82, 2.24) is 24.9 Å². The number of aromatic nitrogens is 4. The van der Waals surface area contributed by atoms with Crippen molar-refractivity contribution in [3.8, 4) is 5.69 Å². The van der Waals surface area contributed by atoms with Crippen molar-refractivity contribution >= 4 is 16.8 Å². The van der Waals surface area contributed by atoms with E-state index in [2.05, 4.69) is 15.5 Å². The molecule has 1 amide bonds. The summed E-state index contributed by atoms with van der Waals surface area (Å²) < 4.78 is 2.97. The summed E-state index contributed by atoms with van der Waals surface area (Å²) >= 11 is 0. The van der Waals surface area contributed by atoms with Gasteiger partial charge in [0.1, 0.15) is 6.04 Å². The van der Waals surface area contributed by atoms with Gasteiger partial charge in [0.2, 0.25) is 5.91 Å². The molecule has 2 heterocycles. The maximum Gasteiger partial charge on any atom is 0.295 e. The summed E-state index contributed by atoms with van der Waals surface area (Å²) in [6.45, 7) is 7.83. The molecule has 0 aliphatic rings. The zero-order chi connectivity index (χ0) is 22.1. The molecule has 0 saturated carbocycles. The Kier molecular flexibility index (Phi) is 5.42. The van der Waals surface area contributed by atoms with Crippen molar-refractivity contribution in [1.29, 1.82) is 0 Å². The van der Waals surface area contributed by atoms with Gasteiger partial charge in [-0.3, -0.25) is 9.59 Å². The first-order valence-corrected chi connectivity index (χ1v) is 10.2. The molecule has 0 aliphatic carbocycles. The van der Waals surface area contributed by atoms with Crippen LogP contribution in [0.25, 0.3) is 16.6 Å². The van der Waals surface area contributed by atoms with Crippen molar-refractivity contribution in [2.24, 2.45) is 0 Å². The second-order valence-electron chi connectivity index (χ2n) is 7.77. The number of carbonyl (C=O) groups excluding carboxylic acids is 1. The Morgan fingerprint density at radius 2 is 1.68 bits per heavy atom. The average Bonchev–Trinajstić information content (AvgIpc) is 3.14. The van der Waals surface area contributed by atoms with Gasteiger partial charge in [0.15, 0.2) is 5.52 Å². The number of para-hydroxylation sites is 1. The number of fused-ring (bicyclic) bond motifs is 1. The number of rotatable bonds is 5. The minimum Gasteiger partial charge on any atom is -0.350 e. The van der Waals surface area contributed by atoms with Gasteiger partial charge in [-0.25, -0.2) is 9.36 Å². The molecule has 0 radical (unpaired) electrons. The number of nitrogens with one attached hydrogen (secondary N) is 1. The van der Waals surface area contributed by atoms with Gasteiger partial charge in [-0.05, 0) is 45.4 Å². The zero-order valence-electron chi connectivity index (χ0n) is 18.1. The van der Waals surface area contributed by atoms with Gasteiger partial charge >= 0.3 is 0 Å². The Morgan fingerprint density at radius 3 is 2.35 bits per heavy atom. The summed E-state index contributed by atoms with van der Waals surface area (Å²) in [5, 5.41) is 12.6. The number of hydrogen-bond donors (Lipinski definition) is 1. The molecular weight excluding hydrogens is 390 g/mol. The van der Waals surface area contributed by atoms with Gasteiger partial charge in [-0.15, -0.1) is 0 Å². The molecule has 0 saturated heterocycles. The van der Waals surface area contributed by atoms with Crippen LogP contribution in [0.5, 0.6) is 0 Å². The largest absolute Gasteiger partial charge is 0.350 e. The van der Waals surface area contributed by atoms with E-state index in [0.717, 1.165) is 27.9 Å². The number of nitrogens with zero attached hydrogens (tertiary/aromatic N) is 4. The lowest BCUT2D eigenvalue weighted by Gasteiger charge is -2.15. The lowest BCUT2D eigenvalue weighted by atomic mass is 10.1. The predicted molar refractivity (Wildman–Crippen MR) is 120 cm³/mol. The third-order valence-corrected chi connectivity index (χ3v) is 5.48. The number of benzene rings is 2. The Morgan fingerprint density at radius 1 is 1.00 bits per heavy atom. The van der Waals surface area contributed by atoms with Crippen LogP contribution in [0, 0.1) is 20.8 Å². The minimum atomic E-state index is -0.761. The molecule has 2 aromatic heterocycles. The van der Waals surface area contributed by atoms with Crippen molar-refractivity contribution in [2.45, 2.75) is 40.3 Å². The summed E-state index contributed by atoms with van der Waals surface area (Å²) in [6, 6.07) is 16.8. The van der Waals surface area contributed by atoms with E-state index in [1.807, 2.05) is 75.4 Å². The molecule has 4 rings (SSSR count). The topological polar surface area (TPSA) is 81.8 Å². The fourth-order valence-electron chi connectivity index (χ4n) is 3.69. The normalized spacial score (nSPS) is 12.1. The predicted octanol–water partition coefficient (Wildman–Crippen LogP) is 3.38. The van der Waals surface area contributed by atoms with E-state index in [9.17, 15) is 9.59 Å². The van der Waals surface area contributed by atoms with E-state index in [4.69, 9.17) is 0 Å². The van der Waals surface area contributed by atoms with Crippen LogP contribution in [0.2, 0.25) is 0 Å². The molecule has 0 spiro atoms. The molecule has 1 N–H and O–H groups in total. The number of aryl methyl sites for hydroxylation is 3. The van der Waals surface area contributed by atoms with Crippen molar-refractivity contribution in [3.05, 3.63) is 87.5 Å². The Bertz CT molecular complexity index is 1300. The second kappa shape index (κ2) is 8.18. The Hall–Kier alpha value is -3.74. The standard InChI is InChI=1S/C24H25N5O2/c1-15-10-12-19(13-11-15)14-25-23(30)18(4)29-24(31)22-21(16(2)26-29)17(3)28(27-22)20-8-6-5-7-9-20/h5-13,18H,14H2,1-4H3,(H,25,30)/t18-/m0/s1. The fraction of sp³-hybridized carbons (Fsp3) is 0.250. The average molecular weight is 415 g/mol. The summed E-state index contributed by atoms with van der Waals surface area (Å²) in [7, 11) is 0. The molecule has 158 valence electrons. The maximum atomic E-state index is 13.2. The van der Waals surface area contributed by atoms with Crippen LogP contribution in [-0.2, 0) is 11.3 Å². The highest BCUT2D eigenvalue weighted by atomic mass is 16.2. The zero-order valence-corrected chi connectivity index (χ0v) is 18.1. The minimum absolute atomic E-state index is 0.270. The van der Waals surface area contributed by atoms with Crippen LogP contribution in [0.3, 0.4) is 0 Å². The molecule has 31 heavy (non-hydrogen) atoms. The molecule has 7 nitrogen and oxygen atoms in total. The van der Waals surface area contributed by atoms with Crippen molar-refractivity contribution in [3.63, 3.8) is 0 Å². The van der Waals surface area contributed by atoms with Crippen LogP contribution in [0.1, 0.15) is 35.5 Å². The number of carbonyl (C=O) groups is 1. The van der Waals surface area contributed by atoms with Crippen LogP contribution in [-0.4, -0.2) is 25.5 Å². The van der Waals surface area contributed by atoms with Gasteiger partial charge in [0, 0.05) is 6.54 Å². The van der Waals surface area contributed by atoms with Gasteiger partial charge in [-0.1, -0.05) is 48.0 Å². The van der Waals surface area contributed by atoms with Crippen molar-refractivity contribution in [2.75, 3.05) is 0 Å². The van der Waals surface area contributed by atoms with Gasteiger partial charge < -0.3 is 5.32 Å². The first-order chi connectivity index (χ1) is 14.9. The molecular formula is C24H25N5O2. The molecule has 7 heteroatoms. The lowest BCUT2D eigenvalue weighted by Crippen LogP contribution is -2.37. The van der Waals surface area contributed by atoms with Crippen LogP contribution in [0.4, 0.5) is 0 Å². The quantitative estimate of drug-likeness (QED) is 0.542. The maximum absolute atomic E-state index is 13.2. The summed E-state index contributed by atoms with van der Waals surface area (Å²) in [5.74, 6) is -0.270. The Balaban J connectivity index is 1.66. The lowest BCUT2D eigenvalue weighted by molar-refractivity contribution is -0.124. The molecule has 1 atom stereocenters. The van der Waals surface area contributed by atoms with Crippen LogP contribution >= 0.6 is 0 Å². The molecule has 0 aliphatic heterocycles. The molecule has 4 aromatic rings. The Labute approximate surface area is 180 Å². The first-order valence-electron chi connectivity index (χ1n) is 10.2. The van der Waals surface area contributed by atoms with E-state index in [1.54, 1.807) is 11.6 Å². The highest BCUT2D eigenvalue weighted by Crippen LogP contribution is 2.21. The van der Waals surface area contributed by atoms with Gasteiger partial charge in [-0.2, -0.15) is 10.2 Å². The third kappa shape index (κ3) is 3.86. The first kappa shape index (κ1) is 20.5. The highest BCUT2D eigenvalue weighted by Gasteiger charge is 2.23. The molecule has 2 aromatic carbocycles. The number of amides is 1. The third-order valence-electron chi connectivity index (χ3n) is 5.48. The molecule has 0 bridgehead atoms. The smallest absolute Gasteiger partial charge is 0.295 e. The van der Waals surface area contributed by atoms with Crippen molar-refractivity contribution < 1.29 is 4.79 Å². The van der Waals surface area contributed by atoms with E-state index >= 15 is 0 Å². The van der Waals surface area contributed by atoms with Gasteiger partial charge in [0.25, 0.3) is 5.56 Å². The molecule has 0 unspecified atom stereocenters. The fourth-order valence-corrected chi connectivity index (χ4v) is 3.69. The monoisotopic (exact) mass is 415 g/mol.